The Morgan fingerprint density at radius 3 is 2.70 bits per heavy atom. The van der Waals surface area contributed by atoms with Crippen LogP contribution in [0.4, 0.5) is 31.7 Å². The van der Waals surface area contributed by atoms with Crippen LogP contribution in [0.3, 0.4) is 0 Å². The highest BCUT2D eigenvalue weighted by atomic mass is 19.1. The maximum atomic E-state index is 15.6. The average Bonchev–Trinajstić information content (AvgIpc) is 3.71. The number of anilines is 4. The van der Waals surface area contributed by atoms with Gasteiger partial charge in [-0.05, 0) is 60.9 Å². The molecule has 1 fully saturated rings. The third-order valence-electron chi connectivity index (χ3n) is 6.28. The number of pyridine rings is 1. The van der Waals surface area contributed by atoms with Gasteiger partial charge in [-0.3, -0.25) is 4.79 Å². The lowest BCUT2D eigenvalue weighted by Gasteiger charge is -2.15. The molecule has 1 amide bonds. The van der Waals surface area contributed by atoms with E-state index in [0.29, 0.717) is 34.0 Å². The minimum absolute atomic E-state index is 0.149. The Bertz CT molecular complexity index is 1780. The maximum Gasteiger partial charge on any atom is 0.255 e. The summed E-state index contributed by atoms with van der Waals surface area (Å²) >= 11 is 0. The molecule has 10 nitrogen and oxygen atoms in total. The molecule has 200 valence electrons. The van der Waals surface area contributed by atoms with Crippen molar-refractivity contribution in [2.75, 3.05) is 23.1 Å². The van der Waals surface area contributed by atoms with Crippen molar-refractivity contribution in [3.8, 4) is 11.3 Å². The largest absolute Gasteiger partial charge is 0.482 e. The van der Waals surface area contributed by atoms with E-state index in [1.807, 2.05) is 0 Å². The van der Waals surface area contributed by atoms with E-state index in [1.165, 1.54) is 18.9 Å². The number of nitrogens with zero attached hydrogens (tertiary/aromatic N) is 4. The van der Waals surface area contributed by atoms with Crippen LogP contribution in [0.15, 0.2) is 78.8 Å². The van der Waals surface area contributed by atoms with Crippen molar-refractivity contribution >= 4 is 40.0 Å². The molecule has 0 bridgehead atoms. The zero-order chi connectivity index (χ0) is 27.6. The number of ether oxygens (including phenoxy) is 1. The molecule has 0 saturated heterocycles. The first-order valence-corrected chi connectivity index (χ1v) is 12.3. The van der Waals surface area contributed by atoms with Crippen molar-refractivity contribution in [2.45, 2.75) is 12.8 Å². The summed E-state index contributed by atoms with van der Waals surface area (Å²) in [7, 11) is 1.58. The summed E-state index contributed by atoms with van der Waals surface area (Å²) in [6, 6.07) is 12.3. The number of benzene rings is 2. The van der Waals surface area contributed by atoms with Crippen molar-refractivity contribution in [3.63, 3.8) is 0 Å². The van der Waals surface area contributed by atoms with Gasteiger partial charge in [0.15, 0.2) is 17.3 Å². The van der Waals surface area contributed by atoms with Gasteiger partial charge in [-0.25, -0.2) is 28.7 Å². The fraction of sp³-hybridized carbons (Fsp3) is 0.107. The first kappa shape index (κ1) is 24.9. The number of nitrogens with one attached hydrogen (secondary N) is 4. The molecule has 0 unspecified atom stereocenters. The summed E-state index contributed by atoms with van der Waals surface area (Å²) in [4.78, 5) is 32.8. The summed E-state index contributed by atoms with van der Waals surface area (Å²) in [5.74, 6) is -1.63. The number of aromatic amines is 1. The van der Waals surface area contributed by atoms with Gasteiger partial charge in [0, 0.05) is 23.0 Å². The number of fused-ring (bicyclic) bond motifs is 1. The van der Waals surface area contributed by atoms with Crippen LogP contribution in [0.5, 0.6) is 0 Å². The molecule has 1 aliphatic rings. The van der Waals surface area contributed by atoms with Crippen LogP contribution in [-0.2, 0) is 4.74 Å². The van der Waals surface area contributed by atoms with Gasteiger partial charge in [0.1, 0.15) is 34.9 Å². The third kappa shape index (κ3) is 4.89. The lowest BCUT2D eigenvalue weighted by atomic mass is 10.1. The summed E-state index contributed by atoms with van der Waals surface area (Å²) < 4.78 is 35.9. The molecule has 0 aliphatic heterocycles. The molecular formula is C28H22F2N8O2. The third-order valence-corrected chi connectivity index (χ3v) is 6.28. The number of allylic oxidation sites excluding steroid dienone is 1. The van der Waals surface area contributed by atoms with Gasteiger partial charge in [-0.1, -0.05) is 6.07 Å². The molecule has 0 atom stereocenters. The highest BCUT2D eigenvalue weighted by Crippen LogP contribution is 2.34. The zero-order valence-corrected chi connectivity index (χ0v) is 21.1. The van der Waals surface area contributed by atoms with Crippen LogP contribution >= 0.6 is 0 Å². The minimum Gasteiger partial charge on any atom is -0.482 e. The Labute approximate surface area is 226 Å². The van der Waals surface area contributed by atoms with E-state index in [4.69, 9.17) is 4.74 Å². The Morgan fingerprint density at radius 2 is 1.88 bits per heavy atom. The predicted molar refractivity (Wildman–Crippen MR) is 146 cm³/mol. The lowest BCUT2D eigenvalue weighted by molar-refractivity contribution is 0.102. The topological polar surface area (TPSA) is 130 Å². The Morgan fingerprint density at radius 1 is 1.00 bits per heavy atom. The van der Waals surface area contributed by atoms with Gasteiger partial charge < -0.3 is 25.7 Å². The summed E-state index contributed by atoms with van der Waals surface area (Å²) in [5.41, 5.74) is 3.29. The molecule has 3 aromatic heterocycles. The van der Waals surface area contributed by atoms with Crippen molar-refractivity contribution in [3.05, 3.63) is 96.0 Å². The number of aromatic nitrogens is 5. The van der Waals surface area contributed by atoms with Gasteiger partial charge in [0.25, 0.3) is 5.91 Å². The van der Waals surface area contributed by atoms with E-state index >= 15 is 4.39 Å². The summed E-state index contributed by atoms with van der Waals surface area (Å²) in [5, 5.41) is 8.42. The second-order valence-corrected chi connectivity index (χ2v) is 8.93. The van der Waals surface area contributed by atoms with Crippen molar-refractivity contribution in [2.24, 2.45) is 0 Å². The minimum atomic E-state index is -0.992. The van der Waals surface area contributed by atoms with Crippen LogP contribution in [0.25, 0.3) is 22.4 Å². The summed E-state index contributed by atoms with van der Waals surface area (Å²) in [6.07, 6.45) is 6.22. The van der Waals surface area contributed by atoms with Crippen molar-refractivity contribution in [1.29, 1.82) is 0 Å². The maximum absolute atomic E-state index is 15.6. The number of halogens is 2. The molecule has 1 aliphatic carbocycles. The smallest absolute Gasteiger partial charge is 0.255 e. The second kappa shape index (κ2) is 10.4. The monoisotopic (exact) mass is 540 g/mol. The van der Waals surface area contributed by atoms with Crippen LogP contribution in [-0.4, -0.2) is 37.9 Å². The number of amides is 1. The van der Waals surface area contributed by atoms with Gasteiger partial charge >= 0.3 is 0 Å². The molecule has 3 heterocycles. The normalized spacial score (nSPS) is 12.2. The number of hydrogen-bond donors (Lipinski definition) is 4. The van der Waals surface area contributed by atoms with Crippen LogP contribution in [0.1, 0.15) is 23.2 Å². The van der Waals surface area contributed by atoms with Crippen molar-refractivity contribution < 1.29 is 18.3 Å². The molecule has 0 spiro atoms. The van der Waals surface area contributed by atoms with Gasteiger partial charge in [0.2, 0.25) is 0 Å². The molecule has 0 radical (unpaired) electrons. The van der Waals surface area contributed by atoms with E-state index in [1.54, 1.807) is 43.5 Å². The second-order valence-electron chi connectivity index (χ2n) is 8.93. The molecule has 40 heavy (non-hydrogen) atoms. The van der Waals surface area contributed by atoms with Gasteiger partial charge in [-0.15, -0.1) is 0 Å². The van der Waals surface area contributed by atoms with Crippen molar-refractivity contribution in [1.82, 2.24) is 24.9 Å². The Hall–Kier alpha value is -5.39. The highest BCUT2D eigenvalue weighted by Gasteiger charge is 2.21. The number of H-pyrrole nitrogens is 1. The molecule has 1 saturated carbocycles. The highest BCUT2D eigenvalue weighted by molar-refractivity contribution is 6.05. The van der Waals surface area contributed by atoms with E-state index in [2.05, 4.69) is 40.9 Å². The Kier molecular flexibility index (Phi) is 6.48. The number of carbonyl (C=O) groups is 1. The number of carbonyl (C=O) groups excluding carboxylic acids is 1. The van der Waals surface area contributed by atoms with E-state index < -0.39 is 23.2 Å². The zero-order valence-electron chi connectivity index (χ0n) is 21.1. The molecule has 12 heteroatoms. The molecule has 5 aromatic rings. The predicted octanol–water partition coefficient (Wildman–Crippen LogP) is 5.75. The lowest BCUT2D eigenvalue weighted by Crippen LogP contribution is -2.14. The first-order chi connectivity index (χ1) is 19.5. The number of methoxy groups -OCH3 is 1. The van der Waals surface area contributed by atoms with E-state index in [-0.39, 0.29) is 17.1 Å². The van der Waals surface area contributed by atoms with Gasteiger partial charge in [-0.2, -0.15) is 0 Å². The molecule has 2 aromatic carbocycles. The van der Waals surface area contributed by atoms with E-state index in [0.717, 1.165) is 30.5 Å². The van der Waals surface area contributed by atoms with Gasteiger partial charge in [0.05, 0.1) is 19.1 Å². The van der Waals surface area contributed by atoms with Crippen LogP contribution < -0.4 is 16.0 Å². The Balaban J connectivity index is 1.27. The number of hydrogen-bond acceptors (Lipinski definition) is 8. The fourth-order valence-electron chi connectivity index (χ4n) is 4.18. The van der Waals surface area contributed by atoms with E-state index in [9.17, 15) is 9.18 Å². The van der Waals surface area contributed by atoms with Crippen LogP contribution in [0.2, 0.25) is 0 Å². The SMILES string of the molecule is COC(Nc1cccc(C(=O)Nc2ccc(F)c(Nc3ncccc3-c3ncnc4nc[nH]c34)c2F)c1)=C1CC1. The quantitative estimate of drug-likeness (QED) is 0.183. The molecular weight excluding hydrogens is 518 g/mol. The standard InChI is InChI=1S/C28H22F2N8O2/c1-40-28(15-7-8-15)36-17-5-2-4-16(12-17)27(39)37-20-10-9-19(29)23(21(20)30)38-25-18(6-3-11-31-25)22-24-26(34-13-32-22)35-14-33-24/h2-6,9-14,36H,7-8H2,1H3,(H,31,38)(H,37,39)(H,32,33,34,35). The first-order valence-electron chi connectivity index (χ1n) is 12.3. The number of imidazole rings is 1. The number of rotatable bonds is 8. The fourth-order valence-corrected chi connectivity index (χ4v) is 4.18. The molecule has 4 N–H and O–H groups in total. The average molecular weight is 541 g/mol. The molecule has 6 rings (SSSR count). The summed E-state index contributed by atoms with van der Waals surface area (Å²) in [6.45, 7) is 0. The van der Waals surface area contributed by atoms with Crippen LogP contribution in [0, 0.1) is 11.6 Å².